The Morgan fingerprint density at radius 1 is 0.603 bits per heavy atom. The molecule has 5 heteroatoms. The van der Waals surface area contributed by atoms with Crippen molar-refractivity contribution in [1.29, 1.82) is 0 Å². The highest BCUT2D eigenvalue weighted by atomic mass is 32.1. The van der Waals surface area contributed by atoms with Gasteiger partial charge in [-0.15, -0.1) is 11.3 Å². The van der Waals surface area contributed by atoms with Crippen molar-refractivity contribution in [2.24, 2.45) is 9.98 Å². The van der Waals surface area contributed by atoms with Crippen molar-refractivity contribution in [3.63, 3.8) is 0 Å². The van der Waals surface area contributed by atoms with Crippen molar-refractivity contribution >= 4 is 43.2 Å². The third-order valence-corrected chi connectivity index (χ3v) is 13.6. The zero-order valence-corrected chi connectivity index (χ0v) is 32.7. The van der Waals surface area contributed by atoms with Gasteiger partial charge in [-0.1, -0.05) is 152 Å². The van der Waals surface area contributed by atoms with E-state index in [0.29, 0.717) is 0 Å². The van der Waals surface area contributed by atoms with Crippen LogP contribution < -0.4 is 4.74 Å². The summed E-state index contributed by atoms with van der Waals surface area (Å²) in [5, 5.41) is 2.60. The van der Waals surface area contributed by atoms with Gasteiger partial charge in [-0.25, -0.2) is 9.98 Å². The van der Waals surface area contributed by atoms with E-state index in [1.54, 1.807) is 0 Å². The minimum Gasteiger partial charge on any atom is -0.457 e. The predicted octanol–water partition coefficient (Wildman–Crippen LogP) is 13.3. The number of nitrogens with zero attached hydrogens (tertiary/aromatic N) is 3. The van der Waals surface area contributed by atoms with Crippen LogP contribution in [0.15, 0.2) is 192 Å². The van der Waals surface area contributed by atoms with Gasteiger partial charge in [0.15, 0.2) is 12.0 Å². The summed E-state index contributed by atoms with van der Waals surface area (Å²) >= 11 is 1.84. The average Bonchev–Trinajstić information content (AvgIpc) is 3.80. The van der Waals surface area contributed by atoms with Gasteiger partial charge in [-0.3, -0.25) is 0 Å². The molecule has 1 spiro atoms. The van der Waals surface area contributed by atoms with Crippen molar-refractivity contribution in [3.8, 4) is 33.8 Å². The summed E-state index contributed by atoms with van der Waals surface area (Å²) in [6, 6.07) is 57.2. The molecule has 0 saturated heterocycles. The third-order valence-electron chi connectivity index (χ3n) is 12.4. The zero-order valence-electron chi connectivity index (χ0n) is 31.9. The smallest absolute Gasteiger partial charge is 0.159 e. The highest BCUT2D eigenvalue weighted by molar-refractivity contribution is 7.25. The first-order chi connectivity index (χ1) is 28.6. The molecule has 4 aliphatic rings. The second kappa shape index (κ2) is 12.9. The zero-order chi connectivity index (χ0) is 38.4. The summed E-state index contributed by atoms with van der Waals surface area (Å²) < 4.78 is 9.38. The van der Waals surface area contributed by atoms with E-state index in [-0.39, 0.29) is 6.17 Å². The van der Waals surface area contributed by atoms with Gasteiger partial charge in [-0.2, -0.15) is 0 Å². The van der Waals surface area contributed by atoms with Crippen molar-refractivity contribution in [2.45, 2.75) is 24.4 Å². The van der Waals surface area contributed by atoms with Crippen LogP contribution in [0.2, 0.25) is 0 Å². The second-order valence-corrected chi connectivity index (χ2v) is 16.7. The van der Waals surface area contributed by atoms with Gasteiger partial charge in [0, 0.05) is 49.5 Å². The maximum atomic E-state index is 6.80. The third kappa shape index (κ3) is 4.87. The van der Waals surface area contributed by atoms with Crippen molar-refractivity contribution in [3.05, 3.63) is 215 Å². The molecule has 12 rings (SSSR count). The Hall–Kier alpha value is -6.82. The largest absolute Gasteiger partial charge is 0.457 e. The maximum absolute atomic E-state index is 6.80. The molecule has 1 aromatic heterocycles. The number of hydrogen-bond donors (Lipinski definition) is 0. The number of hydrogen-bond acceptors (Lipinski definition) is 5. The Labute approximate surface area is 341 Å². The quantitative estimate of drug-likeness (QED) is 0.179. The van der Waals surface area contributed by atoms with E-state index in [1.807, 2.05) is 11.3 Å². The Balaban J connectivity index is 0.940. The number of aliphatic imine (C=N–C) groups is 2. The predicted molar refractivity (Wildman–Crippen MR) is 240 cm³/mol. The highest BCUT2D eigenvalue weighted by Gasteiger charge is 2.50. The lowest BCUT2D eigenvalue weighted by Crippen LogP contribution is -2.36. The van der Waals surface area contributed by atoms with Crippen LogP contribution in [0, 0.1) is 0 Å². The lowest BCUT2D eigenvalue weighted by Gasteiger charge is -2.39. The van der Waals surface area contributed by atoms with Crippen LogP contribution in [0.1, 0.15) is 52.4 Å². The second-order valence-electron chi connectivity index (χ2n) is 15.6. The molecule has 0 radical (unpaired) electrons. The molecule has 2 aliphatic carbocycles. The maximum Gasteiger partial charge on any atom is 0.159 e. The van der Waals surface area contributed by atoms with Crippen LogP contribution in [0.5, 0.6) is 11.5 Å². The summed E-state index contributed by atoms with van der Waals surface area (Å²) in [5.74, 6) is 3.47. The topological polar surface area (TPSA) is 37.2 Å². The van der Waals surface area contributed by atoms with Gasteiger partial charge >= 0.3 is 0 Å². The first-order valence-corrected chi connectivity index (χ1v) is 20.9. The van der Waals surface area contributed by atoms with E-state index in [9.17, 15) is 0 Å². The number of fused-ring (bicyclic) bond motifs is 12. The lowest BCUT2D eigenvalue weighted by molar-refractivity contribution is 0.383. The highest BCUT2D eigenvalue weighted by Crippen LogP contribution is 2.62. The molecule has 2 aliphatic heterocycles. The van der Waals surface area contributed by atoms with Gasteiger partial charge in [-0.05, 0) is 76.1 Å². The fraction of sp³-hybridized carbons (Fsp3) is 0.0943. The van der Waals surface area contributed by atoms with E-state index in [0.717, 1.165) is 69.4 Å². The Bertz CT molecular complexity index is 3080. The van der Waals surface area contributed by atoms with Crippen LogP contribution in [0.4, 0.5) is 0 Å². The summed E-state index contributed by atoms with van der Waals surface area (Å²) in [6.45, 7) is 0. The summed E-state index contributed by atoms with van der Waals surface area (Å²) in [5.41, 5.74) is 12.5. The van der Waals surface area contributed by atoms with Crippen molar-refractivity contribution in [2.75, 3.05) is 7.05 Å². The molecular formula is C53H37N3OS. The summed E-state index contributed by atoms with van der Waals surface area (Å²) in [6.07, 6.45) is 8.60. The number of para-hydroxylation sites is 1. The normalized spacial score (nSPS) is 17.2. The lowest BCUT2D eigenvalue weighted by atomic mass is 9.66. The molecule has 276 valence electrons. The van der Waals surface area contributed by atoms with E-state index in [1.165, 1.54) is 48.0 Å². The minimum atomic E-state index is -0.469. The van der Waals surface area contributed by atoms with Crippen LogP contribution in [-0.2, 0) is 5.41 Å². The number of ether oxygens (including phenoxy) is 1. The van der Waals surface area contributed by atoms with E-state index >= 15 is 0 Å². The van der Waals surface area contributed by atoms with Crippen LogP contribution >= 0.6 is 11.3 Å². The molecule has 0 saturated carbocycles. The molecule has 58 heavy (non-hydrogen) atoms. The summed E-state index contributed by atoms with van der Waals surface area (Å²) in [4.78, 5) is 12.8. The number of rotatable bonds is 4. The first kappa shape index (κ1) is 33.3. The van der Waals surface area contributed by atoms with Gasteiger partial charge in [0.25, 0.3) is 0 Å². The molecule has 3 heterocycles. The first-order valence-electron chi connectivity index (χ1n) is 20.0. The fourth-order valence-electron chi connectivity index (χ4n) is 9.77. The Morgan fingerprint density at radius 3 is 2.07 bits per heavy atom. The van der Waals surface area contributed by atoms with Gasteiger partial charge in [0.1, 0.15) is 17.3 Å². The minimum absolute atomic E-state index is 0.216. The van der Waals surface area contributed by atoms with Crippen LogP contribution in [0.3, 0.4) is 0 Å². The van der Waals surface area contributed by atoms with E-state index < -0.39 is 5.41 Å². The number of benzene rings is 7. The van der Waals surface area contributed by atoms with Gasteiger partial charge in [0.2, 0.25) is 0 Å². The molecule has 1 unspecified atom stereocenters. The van der Waals surface area contributed by atoms with Crippen LogP contribution in [0.25, 0.3) is 42.4 Å². The Kier molecular flexibility index (Phi) is 7.39. The van der Waals surface area contributed by atoms with Gasteiger partial charge < -0.3 is 9.64 Å². The standard InChI is InChI=1S/C53H37N3OS/c1-56-51(35-13-3-2-4-14-35)54-50(55-52(56)37-27-29-41-40-17-7-12-22-48(40)58-49(41)32-37)34-25-23-33(24-26-34)36-28-30-45-47(31-36)57-46-21-11-10-20-44(46)53(45)42-18-8-5-15-38(42)39-16-6-9-19-43(39)53/h3,5-32,52H,2,4H2,1H3. The number of allylic oxidation sites excluding steroid dienone is 2. The molecule has 0 fully saturated rings. The van der Waals surface area contributed by atoms with Crippen molar-refractivity contribution < 1.29 is 4.74 Å². The number of thiophene rings is 1. The molecule has 8 aromatic rings. The monoisotopic (exact) mass is 763 g/mol. The van der Waals surface area contributed by atoms with E-state index in [2.05, 4.69) is 188 Å². The molecule has 1 atom stereocenters. The SMILES string of the molecule is CN1C(C2=CCCC=C2)=NC(c2ccc(-c3ccc4c(c3)Oc3ccccc3C43c4ccccc4-c4ccccc43)cc2)=NC1c1ccc2c(c1)sc1ccccc12. The Morgan fingerprint density at radius 2 is 1.28 bits per heavy atom. The average molecular weight is 764 g/mol. The number of amidine groups is 2. The molecule has 0 amide bonds. The fourth-order valence-corrected chi connectivity index (χ4v) is 10.9. The van der Waals surface area contributed by atoms with Crippen molar-refractivity contribution in [1.82, 2.24) is 4.90 Å². The molecule has 4 nitrogen and oxygen atoms in total. The summed E-state index contributed by atoms with van der Waals surface area (Å²) in [7, 11) is 2.12. The molecular weight excluding hydrogens is 727 g/mol. The van der Waals surface area contributed by atoms with E-state index in [4.69, 9.17) is 14.7 Å². The van der Waals surface area contributed by atoms with Crippen LogP contribution in [-0.4, -0.2) is 23.6 Å². The molecule has 7 aromatic carbocycles. The number of likely N-dealkylation sites (N-methyl/N-ethyl adjacent to an activating group) is 1. The van der Waals surface area contributed by atoms with Gasteiger partial charge in [0.05, 0.1) is 5.41 Å². The molecule has 0 N–H and O–H groups in total. The molecule has 0 bridgehead atoms.